The van der Waals surface area contributed by atoms with Gasteiger partial charge in [0.05, 0.1) is 25.3 Å². The van der Waals surface area contributed by atoms with E-state index in [1.54, 1.807) is 24.3 Å². The number of hydrogen-bond donors (Lipinski definition) is 2. The second-order valence-corrected chi connectivity index (χ2v) is 6.00. The number of amides is 1. The summed E-state index contributed by atoms with van der Waals surface area (Å²) in [5.41, 5.74) is 2.32. The van der Waals surface area contributed by atoms with Crippen LogP contribution in [0.1, 0.15) is 25.0 Å². The summed E-state index contributed by atoms with van der Waals surface area (Å²) in [5.74, 6) is 0.783. The highest BCUT2D eigenvalue weighted by Crippen LogP contribution is 2.12. The number of rotatable bonds is 7. The Hall–Kier alpha value is -2.84. The molecule has 0 bridgehead atoms. The molecule has 2 N–H and O–H groups in total. The van der Waals surface area contributed by atoms with Gasteiger partial charge >= 0.3 is 0 Å². The molecule has 1 amide bonds. The lowest BCUT2D eigenvalue weighted by Crippen LogP contribution is -3.12. The predicted octanol–water partition coefficient (Wildman–Crippen LogP) is 2.00. The van der Waals surface area contributed by atoms with Crippen LogP contribution in [0.25, 0.3) is 0 Å². The van der Waals surface area contributed by atoms with Crippen LogP contribution in [0.5, 0.6) is 5.75 Å². The summed E-state index contributed by atoms with van der Waals surface area (Å²) in [4.78, 5) is 13.5. The number of quaternary nitrogens is 1. The fourth-order valence-corrected chi connectivity index (χ4v) is 2.49. The van der Waals surface area contributed by atoms with Gasteiger partial charge in [0.1, 0.15) is 12.3 Å². The van der Waals surface area contributed by atoms with Gasteiger partial charge in [0.25, 0.3) is 5.91 Å². The standard InChI is InChI=1S/C20H23N3O2/c1-4-25-19-10-8-16(9-11-19)14-23(3)15(2)20(24)22-18-7-5-6-17(12-18)13-21/h5-12,15H,4,14H2,1-3H3,(H,22,24)/p+1/t15-/m0/s1. The first-order valence-electron chi connectivity index (χ1n) is 8.38. The zero-order valence-corrected chi connectivity index (χ0v) is 14.9. The van der Waals surface area contributed by atoms with Crippen molar-refractivity contribution in [2.45, 2.75) is 26.4 Å². The monoisotopic (exact) mass is 338 g/mol. The number of likely N-dealkylation sites (N-methyl/N-ethyl adjacent to an activating group) is 1. The van der Waals surface area contributed by atoms with Crippen molar-refractivity contribution in [2.24, 2.45) is 0 Å². The van der Waals surface area contributed by atoms with Crippen LogP contribution < -0.4 is 15.0 Å². The maximum Gasteiger partial charge on any atom is 0.282 e. The number of hydrogen-bond acceptors (Lipinski definition) is 3. The maximum absolute atomic E-state index is 12.4. The Morgan fingerprint density at radius 3 is 2.64 bits per heavy atom. The topological polar surface area (TPSA) is 66.6 Å². The third-order valence-electron chi connectivity index (χ3n) is 4.11. The smallest absolute Gasteiger partial charge is 0.282 e. The molecule has 130 valence electrons. The second-order valence-electron chi connectivity index (χ2n) is 6.00. The van der Waals surface area contributed by atoms with E-state index >= 15 is 0 Å². The number of nitrogens with one attached hydrogen (secondary N) is 2. The number of benzene rings is 2. The van der Waals surface area contributed by atoms with Crippen LogP contribution in [0.3, 0.4) is 0 Å². The summed E-state index contributed by atoms with van der Waals surface area (Å²) >= 11 is 0. The lowest BCUT2D eigenvalue weighted by Gasteiger charge is -2.21. The fraction of sp³-hybridized carbons (Fsp3) is 0.300. The first-order valence-corrected chi connectivity index (χ1v) is 8.38. The minimum absolute atomic E-state index is 0.0708. The minimum Gasteiger partial charge on any atom is -0.494 e. The van der Waals surface area contributed by atoms with Crippen molar-refractivity contribution in [3.05, 3.63) is 59.7 Å². The number of ether oxygens (including phenoxy) is 1. The molecule has 2 aromatic rings. The molecule has 0 spiro atoms. The van der Waals surface area contributed by atoms with Gasteiger partial charge in [-0.1, -0.05) is 6.07 Å². The van der Waals surface area contributed by atoms with Gasteiger partial charge in [-0.25, -0.2) is 0 Å². The van der Waals surface area contributed by atoms with E-state index in [-0.39, 0.29) is 11.9 Å². The number of carbonyl (C=O) groups excluding carboxylic acids is 1. The van der Waals surface area contributed by atoms with Gasteiger partial charge in [-0.2, -0.15) is 5.26 Å². The van der Waals surface area contributed by atoms with Crippen LogP contribution in [0.2, 0.25) is 0 Å². The number of nitrogens with zero attached hydrogens (tertiary/aromatic N) is 1. The van der Waals surface area contributed by atoms with Crippen LogP contribution in [0.4, 0.5) is 5.69 Å². The van der Waals surface area contributed by atoms with E-state index in [2.05, 4.69) is 11.4 Å². The van der Waals surface area contributed by atoms with Crippen molar-refractivity contribution in [1.82, 2.24) is 0 Å². The maximum atomic E-state index is 12.4. The Morgan fingerprint density at radius 1 is 1.28 bits per heavy atom. The van der Waals surface area contributed by atoms with Crippen LogP contribution in [-0.4, -0.2) is 25.6 Å². The van der Waals surface area contributed by atoms with Crippen LogP contribution in [0.15, 0.2) is 48.5 Å². The molecule has 0 aromatic heterocycles. The van der Waals surface area contributed by atoms with Crippen molar-refractivity contribution in [3.63, 3.8) is 0 Å². The van der Waals surface area contributed by atoms with Gasteiger partial charge in [-0.05, 0) is 56.3 Å². The molecule has 0 aliphatic carbocycles. The van der Waals surface area contributed by atoms with Crippen molar-refractivity contribution < 1.29 is 14.4 Å². The quantitative estimate of drug-likeness (QED) is 0.811. The highest BCUT2D eigenvalue weighted by molar-refractivity contribution is 5.93. The SMILES string of the molecule is CCOc1ccc(C[NH+](C)[C@@H](C)C(=O)Nc2cccc(C#N)c2)cc1. The lowest BCUT2D eigenvalue weighted by atomic mass is 10.1. The lowest BCUT2D eigenvalue weighted by molar-refractivity contribution is -0.907. The predicted molar refractivity (Wildman–Crippen MR) is 97.5 cm³/mol. The zero-order valence-electron chi connectivity index (χ0n) is 14.9. The molecule has 0 aliphatic heterocycles. The number of anilines is 1. The van der Waals surface area contributed by atoms with Crippen molar-refractivity contribution in [2.75, 3.05) is 19.0 Å². The van der Waals surface area contributed by atoms with Gasteiger partial charge in [0.15, 0.2) is 6.04 Å². The van der Waals surface area contributed by atoms with E-state index in [9.17, 15) is 4.79 Å². The molecule has 0 radical (unpaired) electrons. The summed E-state index contributed by atoms with van der Waals surface area (Å²) < 4.78 is 5.44. The molecule has 0 saturated heterocycles. The molecule has 2 aromatic carbocycles. The molecule has 2 atom stereocenters. The van der Waals surface area contributed by atoms with E-state index < -0.39 is 0 Å². The molecule has 25 heavy (non-hydrogen) atoms. The second kappa shape index (κ2) is 8.86. The molecule has 0 fully saturated rings. The Kier molecular flexibility index (Phi) is 6.55. The third kappa shape index (κ3) is 5.33. The number of carbonyl (C=O) groups is 1. The van der Waals surface area contributed by atoms with E-state index in [1.165, 1.54) is 0 Å². The normalized spacial score (nSPS) is 12.7. The summed E-state index contributed by atoms with van der Waals surface area (Å²) in [6.45, 7) is 5.24. The summed E-state index contributed by atoms with van der Waals surface area (Å²) in [7, 11) is 1.99. The first-order chi connectivity index (χ1) is 12.0. The van der Waals surface area contributed by atoms with Crippen molar-refractivity contribution in [1.29, 1.82) is 5.26 Å². The van der Waals surface area contributed by atoms with E-state index in [0.717, 1.165) is 22.8 Å². The van der Waals surface area contributed by atoms with Gasteiger partial charge in [0.2, 0.25) is 0 Å². The van der Waals surface area contributed by atoms with Crippen molar-refractivity contribution in [3.8, 4) is 11.8 Å². The third-order valence-corrected chi connectivity index (χ3v) is 4.11. The Balaban J connectivity index is 1.95. The largest absolute Gasteiger partial charge is 0.494 e. The molecule has 0 heterocycles. The van der Waals surface area contributed by atoms with Gasteiger partial charge < -0.3 is 15.0 Å². The molecule has 1 unspecified atom stereocenters. The molecule has 0 aliphatic rings. The van der Waals surface area contributed by atoms with Gasteiger partial charge in [-0.15, -0.1) is 0 Å². The molecule has 5 nitrogen and oxygen atoms in total. The van der Waals surface area contributed by atoms with Gasteiger partial charge in [-0.3, -0.25) is 4.79 Å². The Bertz CT molecular complexity index is 750. The fourth-order valence-electron chi connectivity index (χ4n) is 2.49. The van der Waals surface area contributed by atoms with Gasteiger partial charge in [0, 0.05) is 11.3 Å². The minimum atomic E-state index is -0.225. The van der Waals surface area contributed by atoms with Crippen LogP contribution >= 0.6 is 0 Å². The highest BCUT2D eigenvalue weighted by Gasteiger charge is 2.22. The Morgan fingerprint density at radius 2 is 2.00 bits per heavy atom. The molecule has 0 saturated carbocycles. The molecular weight excluding hydrogens is 314 g/mol. The van der Waals surface area contributed by atoms with Crippen LogP contribution in [-0.2, 0) is 11.3 Å². The summed E-state index contributed by atoms with van der Waals surface area (Å²) in [6, 6.07) is 16.7. The van der Waals surface area contributed by atoms with E-state index in [4.69, 9.17) is 10.00 Å². The zero-order chi connectivity index (χ0) is 18.2. The van der Waals surface area contributed by atoms with Crippen molar-refractivity contribution >= 4 is 11.6 Å². The average molecular weight is 338 g/mol. The summed E-state index contributed by atoms with van der Waals surface area (Å²) in [5, 5.41) is 11.8. The highest BCUT2D eigenvalue weighted by atomic mass is 16.5. The molecular formula is C20H24N3O2+. The molecule has 2 rings (SSSR count). The summed E-state index contributed by atoms with van der Waals surface area (Å²) in [6.07, 6.45) is 0. The average Bonchev–Trinajstić information content (AvgIpc) is 2.63. The number of nitriles is 1. The first kappa shape index (κ1) is 18.5. The van der Waals surface area contributed by atoms with Crippen LogP contribution in [0, 0.1) is 11.3 Å². The Labute approximate surface area is 148 Å². The van der Waals surface area contributed by atoms with E-state index in [1.807, 2.05) is 45.2 Å². The van der Waals surface area contributed by atoms with E-state index in [0.29, 0.717) is 17.9 Å². The molecule has 5 heteroatoms.